The van der Waals surface area contributed by atoms with Gasteiger partial charge in [0, 0.05) is 5.56 Å². The summed E-state index contributed by atoms with van der Waals surface area (Å²) >= 11 is 0. The smallest absolute Gasteiger partial charge is 0.466 e. The van der Waals surface area contributed by atoms with Crippen molar-refractivity contribution in [2.45, 2.75) is 19.7 Å². The lowest BCUT2D eigenvalue weighted by atomic mass is 10.1. The highest BCUT2D eigenvalue weighted by atomic mass is 19.4. The van der Waals surface area contributed by atoms with Gasteiger partial charge >= 0.3 is 12.3 Å². The van der Waals surface area contributed by atoms with Crippen LogP contribution >= 0.6 is 0 Å². The fourth-order valence-electron chi connectivity index (χ4n) is 1.39. The zero-order valence-corrected chi connectivity index (χ0v) is 10.3. The lowest BCUT2D eigenvalue weighted by molar-refractivity contribution is -0.274. The molecule has 0 N–H and O–H groups in total. The van der Waals surface area contributed by atoms with E-state index in [0.717, 1.165) is 0 Å². The van der Waals surface area contributed by atoms with Crippen LogP contribution in [-0.2, 0) is 16.0 Å². The van der Waals surface area contributed by atoms with Gasteiger partial charge in [0.1, 0.15) is 17.6 Å². The molecule has 4 nitrogen and oxygen atoms in total. The topological polar surface area (TPSA) is 59.3 Å². The largest absolute Gasteiger partial charge is 0.573 e. The number of rotatable bonds is 4. The van der Waals surface area contributed by atoms with E-state index in [9.17, 15) is 22.4 Å². The second-order valence-electron chi connectivity index (χ2n) is 3.58. The van der Waals surface area contributed by atoms with Gasteiger partial charge in [0.25, 0.3) is 0 Å². The molecule has 0 heterocycles. The molecule has 108 valence electrons. The Kier molecular flexibility index (Phi) is 4.91. The maximum atomic E-state index is 13.6. The minimum atomic E-state index is -5.02. The quantitative estimate of drug-likeness (QED) is 0.632. The molecule has 0 unspecified atom stereocenters. The number of alkyl halides is 3. The summed E-state index contributed by atoms with van der Waals surface area (Å²) in [5.41, 5.74) is -0.964. The molecule has 0 spiro atoms. The van der Waals surface area contributed by atoms with Crippen LogP contribution in [0.1, 0.15) is 18.1 Å². The normalized spacial score (nSPS) is 10.8. The Morgan fingerprint density at radius 1 is 1.40 bits per heavy atom. The number of carbonyl (C=O) groups excluding carboxylic acids is 1. The fourth-order valence-corrected chi connectivity index (χ4v) is 1.39. The summed E-state index contributed by atoms with van der Waals surface area (Å²) in [6.07, 6.45) is -5.58. The summed E-state index contributed by atoms with van der Waals surface area (Å²) in [6.45, 7) is 1.59. The Balaban J connectivity index is 3.11. The Morgan fingerprint density at radius 3 is 2.55 bits per heavy atom. The highest BCUT2D eigenvalue weighted by Gasteiger charge is 2.32. The van der Waals surface area contributed by atoms with E-state index in [1.54, 1.807) is 0 Å². The molecule has 0 saturated heterocycles. The lowest BCUT2D eigenvalue weighted by Crippen LogP contribution is -2.18. The Bertz CT molecular complexity index is 549. The van der Waals surface area contributed by atoms with Crippen molar-refractivity contribution in [3.63, 3.8) is 0 Å². The summed E-state index contributed by atoms with van der Waals surface area (Å²) in [4.78, 5) is 11.2. The van der Waals surface area contributed by atoms with Gasteiger partial charge in [0.2, 0.25) is 0 Å². The van der Waals surface area contributed by atoms with E-state index in [1.807, 2.05) is 0 Å². The number of ether oxygens (including phenoxy) is 2. The van der Waals surface area contributed by atoms with Crippen LogP contribution in [0.5, 0.6) is 5.75 Å². The molecule has 0 bridgehead atoms. The minimum absolute atomic E-state index is 0.0582. The van der Waals surface area contributed by atoms with Crippen LogP contribution in [0.3, 0.4) is 0 Å². The van der Waals surface area contributed by atoms with Crippen LogP contribution in [0.25, 0.3) is 0 Å². The molecule has 0 atom stereocenters. The fraction of sp³-hybridized carbons (Fsp3) is 0.333. The van der Waals surface area contributed by atoms with E-state index in [4.69, 9.17) is 5.26 Å². The zero-order chi connectivity index (χ0) is 15.3. The number of hydrogen-bond acceptors (Lipinski definition) is 4. The minimum Gasteiger partial charge on any atom is -0.466 e. The standard InChI is InChI=1S/C12H9F4NO3/c1-2-19-11(18)5-7-4-10(20-12(14,15)16)8(6-17)3-9(7)13/h3-4H,2,5H2,1H3. The summed E-state index contributed by atoms with van der Waals surface area (Å²) in [7, 11) is 0. The van der Waals surface area contributed by atoms with Crippen molar-refractivity contribution in [1.82, 2.24) is 0 Å². The summed E-state index contributed by atoms with van der Waals surface area (Å²) < 4.78 is 58.2. The van der Waals surface area contributed by atoms with Gasteiger partial charge in [-0.3, -0.25) is 4.79 Å². The zero-order valence-electron chi connectivity index (χ0n) is 10.3. The van der Waals surface area contributed by atoms with Crippen molar-refractivity contribution in [2.24, 2.45) is 0 Å². The van der Waals surface area contributed by atoms with Crippen LogP contribution in [0.4, 0.5) is 17.6 Å². The average molecular weight is 291 g/mol. The van der Waals surface area contributed by atoms with Gasteiger partial charge in [-0.2, -0.15) is 5.26 Å². The highest BCUT2D eigenvalue weighted by Crippen LogP contribution is 2.28. The maximum Gasteiger partial charge on any atom is 0.573 e. The second kappa shape index (κ2) is 6.23. The first-order valence-electron chi connectivity index (χ1n) is 5.40. The molecule has 0 aliphatic carbocycles. The first-order chi connectivity index (χ1) is 9.26. The first-order valence-corrected chi connectivity index (χ1v) is 5.40. The van der Waals surface area contributed by atoms with Gasteiger partial charge in [-0.15, -0.1) is 13.2 Å². The van der Waals surface area contributed by atoms with Crippen molar-refractivity contribution in [2.75, 3.05) is 6.61 Å². The van der Waals surface area contributed by atoms with Gasteiger partial charge in [-0.05, 0) is 19.1 Å². The molecule has 0 saturated carbocycles. The van der Waals surface area contributed by atoms with E-state index in [2.05, 4.69) is 9.47 Å². The van der Waals surface area contributed by atoms with Crippen LogP contribution in [-0.4, -0.2) is 18.9 Å². The van der Waals surface area contributed by atoms with Gasteiger partial charge in [0.15, 0.2) is 0 Å². The number of esters is 1. The molecular formula is C12H9F4NO3. The van der Waals surface area contributed by atoms with Crippen molar-refractivity contribution in [1.29, 1.82) is 5.26 Å². The number of halogens is 4. The number of nitriles is 1. The Hall–Kier alpha value is -2.30. The molecule has 0 aromatic heterocycles. The van der Waals surface area contributed by atoms with Crippen LogP contribution in [0.2, 0.25) is 0 Å². The molecule has 0 fully saturated rings. The third kappa shape index (κ3) is 4.42. The predicted molar refractivity (Wildman–Crippen MR) is 58.1 cm³/mol. The predicted octanol–water partition coefficient (Wildman–Crippen LogP) is 2.70. The second-order valence-corrected chi connectivity index (χ2v) is 3.58. The third-order valence-corrected chi connectivity index (χ3v) is 2.13. The van der Waals surface area contributed by atoms with Gasteiger partial charge in [-0.25, -0.2) is 4.39 Å². The monoisotopic (exact) mass is 291 g/mol. The van der Waals surface area contributed by atoms with Crippen LogP contribution in [0.15, 0.2) is 12.1 Å². The summed E-state index contributed by atoms with van der Waals surface area (Å²) in [6, 6.07) is 2.63. The highest BCUT2D eigenvalue weighted by molar-refractivity contribution is 5.73. The van der Waals surface area contributed by atoms with Crippen molar-refractivity contribution >= 4 is 5.97 Å². The third-order valence-electron chi connectivity index (χ3n) is 2.13. The van der Waals surface area contributed by atoms with E-state index in [-0.39, 0.29) is 12.2 Å². The van der Waals surface area contributed by atoms with Gasteiger partial charge in [-0.1, -0.05) is 0 Å². The van der Waals surface area contributed by atoms with E-state index in [1.165, 1.54) is 13.0 Å². The summed E-state index contributed by atoms with van der Waals surface area (Å²) in [5.74, 6) is -2.64. The average Bonchev–Trinajstić information content (AvgIpc) is 2.31. The maximum absolute atomic E-state index is 13.6. The van der Waals surface area contributed by atoms with E-state index in [0.29, 0.717) is 12.1 Å². The molecule has 1 aromatic carbocycles. The Labute approximate surface area is 111 Å². The lowest BCUT2D eigenvalue weighted by Gasteiger charge is -2.12. The molecular weight excluding hydrogens is 282 g/mol. The molecule has 1 aromatic rings. The molecule has 20 heavy (non-hydrogen) atoms. The van der Waals surface area contributed by atoms with Gasteiger partial charge in [0.05, 0.1) is 18.6 Å². The number of hydrogen-bond donors (Lipinski definition) is 0. The first kappa shape index (κ1) is 15.8. The molecule has 0 aliphatic rings. The molecule has 8 heteroatoms. The van der Waals surface area contributed by atoms with E-state index >= 15 is 0 Å². The molecule has 0 aliphatic heterocycles. The number of carbonyl (C=O) groups is 1. The number of nitrogens with zero attached hydrogens (tertiary/aromatic N) is 1. The number of benzene rings is 1. The van der Waals surface area contributed by atoms with E-state index < -0.39 is 35.9 Å². The summed E-state index contributed by atoms with van der Waals surface area (Å²) in [5, 5.41) is 8.64. The van der Waals surface area contributed by atoms with Crippen molar-refractivity contribution in [3.05, 3.63) is 29.1 Å². The van der Waals surface area contributed by atoms with Crippen LogP contribution < -0.4 is 4.74 Å². The molecule has 1 rings (SSSR count). The van der Waals surface area contributed by atoms with Crippen LogP contribution in [0, 0.1) is 17.1 Å². The van der Waals surface area contributed by atoms with Gasteiger partial charge < -0.3 is 9.47 Å². The molecule has 0 radical (unpaired) electrons. The van der Waals surface area contributed by atoms with Crippen molar-refractivity contribution in [3.8, 4) is 11.8 Å². The Morgan fingerprint density at radius 2 is 2.05 bits per heavy atom. The molecule has 0 amide bonds. The van der Waals surface area contributed by atoms with Crippen molar-refractivity contribution < 1.29 is 31.8 Å². The SMILES string of the molecule is CCOC(=O)Cc1cc(OC(F)(F)F)c(C#N)cc1F.